The highest BCUT2D eigenvalue weighted by Crippen LogP contribution is 2.49. The predicted molar refractivity (Wildman–Crippen MR) is 92.6 cm³/mol. The van der Waals surface area contributed by atoms with Crippen LogP contribution >= 0.6 is 0 Å². The van der Waals surface area contributed by atoms with Crippen molar-refractivity contribution in [1.82, 2.24) is 9.55 Å². The molecule has 0 bridgehead atoms. The molecule has 3 aromatic rings. The first-order chi connectivity index (χ1) is 11.0. The Balaban J connectivity index is 1.94. The van der Waals surface area contributed by atoms with E-state index in [1.165, 1.54) is 22.2 Å². The standard InChI is InChI=1S/C20H22N2O/c1-20(2)10-16(15-9-13(11-23)7-8-17(15)20)14-5-4-6-18-19(14)21-12-22(18)3/h4-9,12,16,23H,10-11H2,1-3H3. The van der Waals surface area contributed by atoms with Crippen LogP contribution in [0.1, 0.15) is 48.4 Å². The minimum atomic E-state index is 0.0915. The summed E-state index contributed by atoms with van der Waals surface area (Å²) in [6.07, 6.45) is 2.96. The van der Waals surface area contributed by atoms with Crippen molar-refractivity contribution in [2.75, 3.05) is 0 Å². The van der Waals surface area contributed by atoms with Crippen molar-refractivity contribution in [2.24, 2.45) is 7.05 Å². The van der Waals surface area contributed by atoms with Gasteiger partial charge in [-0.3, -0.25) is 0 Å². The molecule has 1 unspecified atom stereocenters. The van der Waals surface area contributed by atoms with Crippen molar-refractivity contribution in [2.45, 2.75) is 38.2 Å². The third-order valence-electron chi connectivity index (χ3n) is 5.28. The molecule has 1 aromatic heterocycles. The summed E-state index contributed by atoms with van der Waals surface area (Å²) < 4.78 is 2.07. The molecule has 1 aliphatic rings. The molecule has 0 amide bonds. The lowest BCUT2D eigenvalue weighted by Crippen LogP contribution is -2.12. The van der Waals surface area contributed by atoms with Crippen molar-refractivity contribution in [3.8, 4) is 0 Å². The van der Waals surface area contributed by atoms with Crippen LogP contribution in [0.15, 0.2) is 42.7 Å². The van der Waals surface area contributed by atoms with Gasteiger partial charge in [-0.05, 0) is 40.2 Å². The molecule has 0 aliphatic heterocycles. The lowest BCUT2D eigenvalue weighted by Gasteiger charge is -2.19. The van der Waals surface area contributed by atoms with Crippen LogP contribution < -0.4 is 0 Å². The molecule has 0 saturated carbocycles. The summed E-state index contributed by atoms with van der Waals surface area (Å²) in [6.45, 7) is 4.71. The van der Waals surface area contributed by atoms with Gasteiger partial charge in [-0.25, -0.2) is 4.98 Å². The third-order valence-corrected chi connectivity index (χ3v) is 5.28. The zero-order valence-corrected chi connectivity index (χ0v) is 13.9. The summed E-state index contributed by atoms with van der Waals surface area (Å²) >= 11 is 0. The Hall–Kier alpha value is -2.13. The Morgan fingerprint density at radius 2 is 2.04 bits per heavy atom. The maximum atomic E-state index is 9.52. The maximum Gasteiger partial charge on any atom is 0.0955 e. The molecule has 0 fully saturated rings. The molecule has 3 heteroatoms. The summed E-state index contributed by atoms with van der Waals surface area (Å²) in [7, 11) is 2.04. The molecule has 2 aromatic carbocycles. The van der Waals surface area contributed by atoms with E-state index in [-0.39, 0.29) is 12.0 Å². The fraction of sp³-hybridized carbons (Fsp3) is 0.350. The quantitative estimate of drug-likeness (QED) is 0.780. The van der Waals surface area contributed by atoms with E-state index in [1.54, 1.807) is 0 Å². The first-order valence-electron chi connectivity index (χ1n) is 8.15. The fourth-order valence-electron chi connectivity index (χ4n) is 4.08. The first-order valence-corrected chi connectivity index (χ1v) is 8.15. The number of rotatable bonds is 2. The smallest absolute Gasteiger partial charge is 0.0955 e. The van der Waals surface area contributed by atoms with Crippen LogP contribution in [0.2, 0.25) is 0 Å². The lowest BCUT2D eigenvalue weighted by atomic mass is 9.85. The van der Waals surface area contributed by atoms with E-state index in [0.717, 1.165) is 17.5 Å². The minimum Gasteiger partial charge on any atom is -0.392 e. The van der Waals surface area contributed by atoms with Gasteiger partial charge in [0.25, 0.3) is 0 Å². The van der Waals surface area contributed by atoms with Gasteiger partial charge in [0.15, 0.2) is 0 Å². The number of aryl methyl sites for hydroxylation is 1. The summed E-state index contributed by atoms with van der Waals surface area (Å²) in [4.78, 5) is 4.64. The third kappa shape index (κ3) is 2.11. The van der Waals surface area contributed by atoms with Gasteiger partial charge in [0.1, 0.15) is 0 Å². The number of aliphatic hydroxyl groups excluding tert-OH is 1. The summed E-state index contributed by atoms with van der Waals surface area (Å²) in [6, 6.07) is 12.9. The SMILES string of the molecule is Cn1cnc2c(C3CC(C)(C)c4ccc(CO)cc43)cccc21. The molecule has 1 aliphatic carbocycles. The molecule has 0 spiro atoms. The van der Waals surface area contributed by atoms with Gasteiger partial charge in [0, 0.05) is 13.0 Å². The molecule has 1 atom stereocenters. The fourth-order valence-corrected chi connectivity index (χ4v) is 4.08. The van der Waals surface area contributed by atoms with E-state index >= 15 is 0 Å². The van der Waals surface area contributed by atoms with Crippen LogP contribution in [-0.4, -0.2) is 14.7 Å². The van der Waals surface area contributed by atoms with E-state index in [1.807, 2.05) is 19.4 Å². The number of benzene rings is 2. The monoisotopic (exact) mass is 306 g/mol. The van der Waals surface area contributed by atoms with Crippen LogP contribution in [0.5, 0.6) is 0 Å². The normalized spacial score (nSPS) is 19.2. The number of imidazole rings is 1. The zero-order valence-electron chi connectivity index (χ0n) is 13.9. The number of hydrogen-bond acceptors (Lipinski definition) is 2. The maximum absolute atomic E-state index is 9.52. The number of para-hydroxylation sites is 1. The topological polar surface area (TPSA) is 38.0 Å². The zero-order chi connectivity index (χ0) is 16.2. The number of nitrogens with zero attached hydrogens (tertiary/aromatic N) is 2. The minimum absolute atomic E-state index is 0.0915. The van der Waals surface area contributed by atoms with E-state index in [2.05, 4.69) is 53.7 Å². The van der Waals surface area contributed by atoms with Crippen molar-refractivity contribution < 1.29 is 5.11 Å². The van der Waals surface area contributed by atoms with Gasteiger partial charge >= 0.3 is 0 Å². The average Bonchev–Trinajstić information content (AvgIpc) is 3.05. The number of hydrogen-bond donors (Lipinski definition) is 1. The molecule has 118 valence electrons. The molecule has 4 rings (SSSR count). The van der Waals surface area contributed by atoms with Gasteiger partial charge < -0.3 is 9.67 Å². The summed E-state index contributed by atoms with van der Waals surface area (Å²) in [5, 5.41) is 9.52. The van der Waals surface area contributed by atoms with E-state index < -0.39 is 0 Å². The molecule has 0 radical (unpaired) electrons. The van der Waals surface area contributed by atoms with Crippen molar-refractivity contribution in [3.63, 3.8) is 0 Å². The summed E-state index contributed by atoms with van der Waals surface area (Å²) in [5.41, 5.74) is 7.44. The van der Waals surface area contributed by atoms with Gasteiger partial charge in [-0.2, -0.15) is 0 Å². The van der Waals surface area contributed by atoms with Crippen LogP contribution in [-0.2, 0) is 19.1 Å². The Labute approximate surface area is 136 Å². The Morgan fingerprint density at radius 1 is 1.22 bits per heavy atom. The van der Waals surface area contributed by atoms with Gasteiger partial charge in [0.05, 0.1) is 24.0 Å². The number of aliphatic hydroxyl groups is 1. The van der Waals surface area contributed by atoms with Crippen molar-refractivity contribution in [1.29, 1.82) is 0 Å². The molecule has 1 N–H and O–H groups in total. The Bertz CT molecular complexity index is 892. The lowest BCUT2D eigenvalue weighted by molar-refractivity contribution is 0.281. The molecule has 1 heterocycles. The van der Waals surface area contributed by atoms with Crippen molar-refractivity contribution >= 4 is 11.0 Å². The highest BCUT2D eigenvalue weighted by molar-refractivity contribution is 5.80. The van der Waals surface area contributed by atoms with E-state index in [9.17, 15) is 5.11 Å². The van der Waals surface area contributed by atoms with Crippen LogP contribution in [0.4, 0.5) is 0 Å². The first kappa shape index (κ1) is 14.5. The van der Waals surface area contributed by atoms with E-state index in [4.69, 9.17) is 0 Å². The highest BCUT2D eigenvalue weighted by Gasteiger charge is 2.38. The van der Waals surface area contributed by atoms with Gasteiger partial charge in [-0.1, -0.05) is 44.2 Å². The van der Waals surface area contributed by atoms with Crippen LogP contribution in [0.3, 0.4) is 0 Å². The van der Waals surface area contributed by atoms with Crippen molar-refractivity contribution in [3.05, 3.63) is 65.0 Å². The van der Waals surface area contributed by atoms with Gasteiger partial charge in [-0.15, -0.1) is 0 Å². The van der Waals surface area contributed by atoms with Crippen LogP contribution in [0.25, 0.3) is 11.0 Å². The van der Waals surface area contributed by atoms with Gasteiger partial charge in [0.2, 0.25) is 0 Å². The Kier molecular flexibility index (Phi) is 3.10. The second-order valence-electron chi connectivity index (χ2n) is 7.29. The predicted octanol–water partition coefficient (Wildman–Crippen LogP) is 3.88. The molecule has 23 heavy (non-hydrogen) atoms. The molecule has 0 saturated heterocycles. The Morgan fingerprint density at radius 3 is 2.83 bits per heavy atom. The number of fused-ring (bicyclic) bond motifs is 2. The second-order valence-corrected chi connectivity index (χ2v) is 7.29. The summed E-state index contributed by atoms with van der Waals surface area (Å²) in [5.74, 6) is 0.338. The molecular formula is C20H22N2O. The van der Waals surface area contributed by atoms with Crippen LogP contribution in [0, 0.1) is 0 Å². The average molecular weight is 306 g/mol. The second kappa shape index (κ2) is 4.93. The molecular weight excluding hydrogens is 284 g/mol. The highest BCUT2D eigenvalue weighted by atomic mass is 16.3. The van der Waals surface area contributed by atoms with E-state index in [0.29, 0.717) is 5.92 Å². The molecule has 3 nitrogen and oxygen atoms in total. The number of aromatic nitrogens is 2. The largest absolute Gasteiger partial charge is 0.392 e.